The van der Waals surface area contributed by atoms with E-state index in [1.807, 2.05) is 0 Å². The smallest absolute Gasteiger partial charge is 0.162 e. The Kier molecular flexibility index (Phi) is 1.84. The van der Waals surface area contributed by atoms with E-state index in [4.69, 9.17) is 4.99 Å². The third kappa shape index (κ3) is 1.16. The molecule has 2 heteroatoms. The minimum Gasteiger partial charge on any atom is -0.294 e. The number of rotatable bonds is 0. The number of allylic oxidation sites excluding steroid dienone is 3. The lowest BCUT2D eigenvalue weighted by molar-refractivity contribution is -0.118. The fourth-order valence-electron chi connectivity index (χ4n) is 4.06. The average molecular weight is 227 g/mol. The van der Waals surface area contributed by atoms with Gasteiger partial charge in [0.15, 0.2) is 5.78 Å². The Morgan fingerprint density at radius 2 is 2.00 bits per heavy atom. The summed E-state index contributed by atoms with van der Waals surface area (Å²) in [6.45, 7) is 3.02. The van der Waals surface area contributed by atoms with Gasteiger partial charge < -0.3 is 0 Å². The van der Waals surface area contributed by atoms with Crippen molar-refractivity contribution in [2.24, 2.45) is 16.8 Å². The first-order valence-corrected chi connectivity index (χ1v) is 6.79. The quantitative estimate of drug-likeness (QED) is 0.625. The maximum absolute atomic E-state index is 12.2. The first-order valence-electron chi connectivity index (χ1n) is 6.79. The third-order valence-electron chi connectivity index (χ3n) is 4.82. The van der Waals surface area contributed by atoms with Crippen molar-refractivity contribution in [1.29, 1.82) is 0 Å². The molecular weight excluding hydrogens is 210 g/mol. The molecule has 0 saturated heterocycles. The molecular formula is C15H17NO. The van der Waals surface area contributed by atoms with Crippen molar-refractivity contribution < 1.29 is 4.79 Å². The molecule has 0 aromatic heterocycles. The summed E-state index contributed by atoms with van der Waals surface area (Å²) in [6.07, 6.45) is 5.55. The summed E-state index contributed by atoms with van der Waals surface area (Å²) in [5.74, 6) is 1.20. The van der Waals surface area contributed by atoms with Gasteiger partial charge in [0.2, 0.25) is 0 Å². The maximum atomic E-state index is 12.2. The maximum Gasteiger partial charge on any atom is 0.162 e. The van der Waals surface area contributed by atoms with Crippen molar-refractivity contribution in [3.05, 3.63) is 22.3 Å². The zero-order chi connectivity index (χ0) is 11.6. The first kappa shape index (κ1) is 9.81. The summed E-state index contributed by atoms with van der Waals surface area (Å²) in [6, 6.07) is 0. The molecule has 2 nitrogen and oxygen atoms in total. The van der Waals surface area contributed by atoms with Crippen LogP contribution in [0.3, 0.4) is 0 Å². The Bertz CT molecular complexity index is 521. The lowest BCUT2D eigenvalue weighted by Gasteiger charge is -2.28. The van der Waals surface area contributed by atoms with Crippen molar-refractivity contribution in [3.8, 4) is 0 Å². The van der Waals surface area contributed by atoms with Gasteiger partial charge in [-0.3, -0.25) is 9.79 Å². The van der Waals surface area contributed by atoms with Crippen LogP contribution in [-0.2, 0) is 4.79 Å². The van der Waals surface area contributed by atoms with Gasteiger partial charge in [-0.05, 0) is 54.4 Å². The van der Waals surface area contributed by atoms with E-state index >= 15 is 0 Å². The lowest BCUT2D eigenvalue weighted by Crippen LogP contribution is -2.21. The number of hydrogen-bond donors (Lipinski definition) is 0. The third-order valence-corrected chi connectivity index (χ3v) is 4.82. The zero-order valence-corrected chi connectivity index (χ0v) is 10.3. The van der Waals surface area contributed by atoms with E-state index in [0.717, 1.165) is 19.4 Å². The molecule has 0 N–H and O–H groups in total. The SMILES string of the molecule is CC1CC2=C(CC3CN=C4CCCC2=C43)C1=O. The van der Waals surface area contributed by atoms with Gasteiger partial charge in [-0.15, -0.1) is 0 Å². The summed E-state index contributed by atoms with van der Waals surface area (Å²) >= 11 is 0. The molecule has 2 atom stereocenters. The molecule has 0 aromatic rings. The summed E-state index contributed by atoms with van der Waals surface area (Å²) < 4.78 is 0. The summed E-state index contributed by atoms with van der Waals surface area (Å²) in [5, 5.41) is 0. The lowest BCUT2D eigenvalue weighted by atomic mass is 9.74. The molecule has 3 aliphatic carbocycles. The number of hydrogen-bond acceptors (Lipinski definition) is 2. The monoisotopic (exact) mass is 227 g/mol. The molecule has 0 radical (unpaired) electrons. The van der Waals surface area contributed by atoms with Crippen LogP contribution in [0.25, 0.3) is 0 Å². The average Bonchev–Trinajstić information content (AvgIpc) is 2.87. The van der Waals surface area contributed by atoms with Crippen LogP contribution >= 0.6 is 0 Å². The van der Waals surface area contributed by atoms with Gasteiger partial charge in [-0.25, -0.2) is 0 Å². The number of Topliss-reactive ketones (excluding diaryl/α,β-unsaturated/α-hetero) is 1. The van der Waals surface area contributed by atoms with Gasteiger partial charge in [0.1, 0.15) is 0 Å². The molecule has 17 heavy (non-hydrogen) atoms. The van der Waals surface area contributed by atoms with Crippen LogP contribution in [0.5, 0.6) is 0 Å². The van der Waals surface area contributed by atoms with E-state index in [1.54, 1.807) is 5.57 Å². The molecule has 0 aromatic carbocycles. The molecule has 2 unspecified atom stereocenters. The Hall–Kier alpha value is -1.18. The van der Waals surface area contributed by atoms with Crippen molar-refractivity contribution in [3.63, 3.8) is 0 Å². The summed E-state index contributed by atoms with van der Waals surface area (Å²) in [5.41, 5.74) is 7.03. The molecule has 0 amide bonds. The number of carbonyl (C=O) groups is 1. The van der Waals surface area contributed by atoms with Crippen LogP contribution in [0, 0.1) is 11.8 Å². The van der Waals surface area contributed by atoms with Gasteiger partial charge in [0.05, 0.1) is 0 Å². The van der Waals surface area contributed by atoms with Crippen LogP contribution in [0.1, 0.15) is 39.0 Å². The highest BCUT2D eigenvalue weighted by molar-refractivity contribution is 6.08. The van der Waals surface area contributed by atoms with E-state index in [9.17, 15) is 4.79 Å². The number of fused-ring (bicyclic) bond motifs is 1. The fraction of sp³-hybridized carbons (Fsp3) is 0.600. The molecule has 0 saturated carbocycles. The van der Waals surface area contributed by atoms with Gasteiger partial charge in [0, 0.05) is 24.1 Å². The van der Waals surface area contributed by atoms with Gasteiger partial charge in [-0.1, -0.05) is 6.92 Å². The highest BCUT2D eigenvalue weighted by Gasteiger charge is 2.42. The summed E-state index contributed by atoms with van der Waals surface area (Å²) in [7, 11) is 0. The Morgan fingerprint density at radius 1 is 1.12 bits per heavy atom. The largest absolute Gasteiger partial charge is 0.294 e. The topological polar surface area (TPSA) is 29.4 Å². The van der Waals surface area contributed by atoms with Crippen LogP contribution in [-0.4, -0.2) is 18.0 Å². The number of ketones is 1. The van der Waals surface area contributed by atoms with Gasteiger partial charge in [-0.2, -0.15) is 0 Å². The Morgan fingerprint density at radius 3 is 2.88 bits per heavy atom. The highest BCUT2D eigenvalue weighted by Crippen LogP contribution is 2.49. The van der Waals surface area contributed by atoms with Crippen LogP contribution in [0.4, 0.5) is 0 Å². The second kappa shape index (κ2) is 3.18. The minimum atomic E-state index is 0.231. The number of nitrogens with zero attached hydrogens (tertiary/aromatic N) is 1. The van der Waals surface area contributed by atoms with Crippen LogP contribution in [0.2, 0.25) is 0 Å². The van der Waals surface area contributed by atoms with Crippen LogP contribution < -0.4 is 0 Å². The molecule has 1 aliphatic heterocycles. The molecule has 0 spiro atoms. The van der Waals surface area contributed by atoms with E-state index in [1.165, 1.54) is 41.7 Å². The molecule has 4 aliphatic rings. The minimum absolute atomic E-state index is 0.231. The fourth-order valence-corrected chi connectivity index (χ4v) is 4.06. The van der Waals surface area contributed by atoms with E-state index < -0.39 is 0 Å². The predicted octanol–water partition coefficient (Wildman–Crippen LogP) is 2.85. The zero-order valence-electron chi connectivity index (χ0n) is 10.3. The van der Waals surface area contributed by atoms with E-state index in [2.05, 4.69) is 6.92 Å². The molecule has 1 heterocycles. The van der Waals surface area contributed by atoms with Crippen molar-refractivity contribution >= 4 is 11.5 Å². The van der Waals surface area contributed by atoms with Gasteiger partial charge in [0.25, 0.3) is 0 Å². The Balaban J connectivity index is 1.89. The molecule has 4 rings (SSSR count). The predicted molar refractivity (Wildman–Crippen MR) is 67.1 cm³/mol. The van der Waals surface area contributed by atoms with Crippen molar-refractivity contribution in [2.75, 3.05) is 6.54 Å². The van der Waals surface area contributed by atoms with Crippen molar-refractivity contribution in [1.82, 2.24) is 0 Å². The second-order valence-electron chi connectivity index (χ2n) is 5.86. The number of carbonyl (C=O) groups excluding carboxylic acids is 1. The standard InChI is InChI=1S/C15H17NO/c1-8-5-11-10-3-2-4-13-14(10)9(7-16-13)6-12(11)15(8)17/h8-9H,2-7H2,1H3. The van der Waals surface area contributed by atoms with E-state index in [-0.39, 0.29) is 5.92 Å². The highest BCUT2D eigenvalue weighted by atomic mass is 16.1. The Labute approximate surface area is 102 Å². The van der Waals surface area contributed by atoms with Crippen molar-refractivity contribution in [2.45, 2.75) is 39.0 Å². The second-order valence-corrected chi connectivity index (χ2v) is 5.86. The molecule has 0 fully saturated rings. The normalized spacial score (nSPS) is 35.1. The molecule has 88 valence electrons. The van der Waals surface area contributed by atoms with E-state index in [0.29, 0.717) is 11.7 Å². The van der Waals surface area contributed by atoms with Crippen LogP contribution in [0.15, 0.2) is 27.3 Å². The van der Waals surface area contributed by atoms with Gasteiger partial charge >= 0.3 is 0 Å². The number of aliphatic imine (C=N–C) groups is 1. The summed E-state index contributed by atoms with van der Waals surface area (Å²) in [4.78, 5) is 16.9. The first-order chi connectivity index (χ1) is 8.25. The molecule has 0 bridgehead atoms.